The summed E-state index contributed by atoms with van der Waals surface area (Å²) in [6.45, 7) is 5.24. The second-order valence-electron chi connectivity index (χ2n) is 6.41. The van der Waals surface area contributed by atoms with E-state index in [-0.39, 0.29) is 35.9 Å². The molecule has 0 spiro atoms. The van der Waals surface area contributed by atoms with Gasteiger partial charge < -0.3 is 16.0 Å². The van der Waals surface area contributed by atoms with E-state index in [0.717, 1.165) is 5.56 Å². The second kappa shape index (κ2) is 10.7. The Hall–Kier alpha value is -1.55. The highest BCUT2D eigenvalue weighted by Gasteiger charge is 2.45. The summed E-state index contributed by atoms with van der Waals surface area (Å²) in [6.07, 6.45) is 1.22. The van der Waals surface area contributed by atoms with E-state index in [0.29, 0.717) is 43.5 Å². The first kappa shape index (κ1) is 23.5. The summed E-state index contributed by atoms with van der Waals surface area (Å²) in [5.74, 6) is 0.505. The summed E-state index contributed by atoms with van der Waals surface area (Å²) in [7, 11) is 1.70. The van der Waals surface area contributed by atoms with Crippen molar-refractivity contribution in [2.24, 2.45) is 4.99 Å². The Kier molecular flexibility index (Phi) is 9.31. The molecule has 2 rings (SSSR count). The molecule has 1 saturated heterocycles. The van der Waals surface area contributed by atoms with E-state index in [1.807, 2.05) is 31.2 Å². The number of nitrogens with one attached hydrogen (secondary N) is 3. The van der Waals surface area contributed by atoms with Crippen LogP contribution in [0.5, 0.6) is 0 Å². The highest BCUT2D eigenvalue weighted by atomic mass is 127. The van der Waals surface area contributed by atoms with Crippen molar-refractivity contribution in [3.63, 3.8) is 0 Å². The number of hydrogen-bond donors (Lipinski definition) is 3. The molecule has 1 atom stereocenters. The molecular weight excluding hydrogens is 481 g/mol. The van der Waals surface area contributed by atoms with Gasteiger partial charge in [-0.1, -0.05) is 30.7 Å². The Balaban J connectivity index is 0.00000364. The van der Waals surface area contributed by atoms with Crippen molar-refractivity contribution in [1.29, 1.82) is 0 Å². The van der Waals surface area contributed by atoms with E-state index in [1.165, 1.54) is 4.90 Å². The second-order valence-corrected chi connectivity index (χ2v) is 6.84. The van der Waals surface area contributed by atoms with Crippen molar-refractivity contribution in [1.82, 2.24) is 20.9 Å². The molecular formula is C18H27ClIN5O2. The molecule has 0 bridgehead atoms. The number of halogens is 2. The zero-order valence-corrected chi connectivity index (χ0v) is 18.9. The van der Waals surface area contributed by atoms with Crippen molar-refractivity contribution < 1.29 is 9.59 Å². The molecule has 3 N–H and O–H groups in total. The van der Waals surface area contributed by atoms with E-state index >= 15 is 0 Å². The summed E-state index contributed by atoms with van der Waals surface area (Å²) in [6, 6.07) is 7.27. The minimum atomic E-state index is -0.777. The van der Waals surface area contributed by atoms with Crippen molar-refractivity contribution >= 4 is 53.5 Å². The summed E-state index contributed by atoms with van der Waals surface area (Å²) in [5.41, 5.74) is 0.316. The average Bonchev–Trinajstić information content (AvgIpc) is 2.85. The third kappa shape index (κ3) is 6.24. The van der Waals surface area contributed by atoms with Crippen LogP contribution in [0.25, 0.3) is 0 Å². The van der Waals surface area contributed by atoms with E-state index in [4.69, 9.17) is 11.6 Å². The largest absolute Gasteiger partial charge is 0.356 e. The summed E-state index contributed by atoms with van der Waals surface area (Å²) >= 11 is 5.87. The van der Waals surface area contributed by atoms with Gasteiger partial charge in [-0.05, 0) is 37.5 Å². The molecule has 0 radical (unpaired) electrons. The Bertz CT molecular complexity index is 683. The first-order valence-electron chi connectivity index (χ1n) is 8.72. The molecule has 7 nitrogen and oxygen atoms in total. The predicted molar refractivity (Wildman–Crippen MR) is 119 cm³/mol. The fourth-order valence-electron chi connectivity index (χ4n) is 2.64. The van der Waals surface area contributed by atoms with Crippen LogP contribution < -0.4 is 16.0 Å². The van der Waals surface area contributed by atoms with Crippen LogP contribution in [0, 0.1) is 0 Å². The zero-order chi connectivity index (χ0) is 19.2. The van der Waals surface area contributed by atoms with E-state index in [1.54, 1.807) is 14.0 Å². The van der Waals surface area contributed by atoms with E-state index < -0.39 is 5.54 Å². The Morgan fingerprint density at radius 2 is 1.93 bits per heavy atom. The molecule has 1 fully saturated rings. The van der Waals surface area contributed by atoms with Gasteiger partial charge in [-0.3, -0.25) is 14.7 Å². The maximum atomic E-state index is 12.3. The molecule has 1 aliphatic heterocycles. The van der Waals surface area contributed by atoms with Gasteiger partial charge in [-0.25, -0.2) is 4.79 Å². The van der Waals surface area contributed by atoms with Crippen molar-refractivity contribution in [2.75, 3.05) is 20.1 Å². The lowest BCUT2D eigenvalue weighted by atomic mass is 9.99. The van der Waals surface area contributed by atoms with E-state index in [9.17, 15) is 9.59 Å². The van der Waals surface area contributed by atoms with Gasteiger partial charge in [0.25, 0.3) is 5.91 Å². The van der Waals surface area contributed by atoms with Crippen LogP contribution in [-0.4, -0.2) is 48.5 Å². The van der Waals surface area contributed by atoms with E-state index in [2.05, 4.69) is 20.9 Å². The van der Waals surface area contributed by atoms with Crippen LogP contribution >= 0.6 is 35.6 Å². The molecule has 1 aromatic carbocycles. The Morgan fingerprint density at radius 1 is 1.26 bits per heavy atom. The molecule has 1 heterocycles. The number of imide groups is 1. The molecule has 3 amide bonds. The third-order valence-corrected chi connectivity index (χ3v) is 4.75. The van der Waals surface area contributed by atoms with Crippen molar-refractivity contribution in [3.05, 3.63) is 34.9 Å². The molecule has 0 aromatic heterocycles. The predicted octanol–water partition coefficient (Wildman–Crippen LogP) is 2.73. The molecule has 1 unspecified atom stereocenters. The number of carbonyl (C=O) groups is 2. The summed E-state index contributed by atoms with van der Waals surface area (Å²) < 4.78 is 0. The van der Waals surface area contributed by atoms with Gasteiger partial charge in [0.2, 0.25) is 0 Å². The topological polar surface area (TPSA) is 85.8 Å². The number of benzene rings is 1. The average molecular weight is 508 g/mol. The van der Waals surface area contributed by atoms with Crippen LogP contribution in [0.4, 0.5) is 4.79 Å². The minimum Gasteiger partial charge on any atom is -0.356 e. The normalized spacial score (nSPS) is 19.6. The minimum absolute atomic E-state index is 0. The maximum Gasteiger partial charge on any atom is 0.325 e. The van der Waals surface area contributed by atoms with Crippen LogP contribution in [0.2, 0.25) is 5.02 Å². The quantitative estimate of drug-likeness (QED) is 0.174. The smallest absolute Gasteiger partial charge is 0.325 e. The fourth-order valence-corrected chi connectivity index (χ4v) is 2.77. The lowest BCUT2D eigenvalue weighted by Crippen LogP contribution is -2.43. The molecule has 1 aliphatic rings. The van der Waals surface area contributed by atoms with Gasteiger partial charge in [-0.15, -0.1) is 24.0 Å². The lowest BCUT2D eigenvalue weighted by Gasteiger charge is -2.19. The van der Waals surface area contributed by atoms with Gasteiger partial charge in [0, 0.05) is 31.7 Å². The molecule has 27 heavy (non-hydrogen) atoms. The molecule has 0 aliphatic carbocycles. The highest BCUT2D eigenvalue weighted by molar-refractivity contribution is 14.0. The number of aliphatic imine (C=N–C) groups is 1. The van der Waals surface area contributed by atoms with Crippen LogP contribution in [-0.2, 0) is 11.3 Å². The standard InChI is InChI=1S/C18H26ClN5O2.HI/c1-4-18(2)15(25)24(17(26)23-18)11-5-10-21-16(20-3)22-12-13-6-8-14(19)9-7-13;/h6-9H,4-5,10-12H2,1-3H3,(H,23,26)(H2,20,21,22);1H. The Labute approximate surface area is 182 Å². The zero-order valence-electron chi connectivity index (χ0n) is 15.8. The highest BCUT2D eigenvalue weighted by Crippen LogP contribution is 2.20. The summed E-state index contributed by atoms with van der Waals surface area (Å²) in [4.78, 5) is 29.7. The van der Waals surface area contributed by atoms with Crippen LogP contribution in [0.15, 0.2) is 29.3 Å². The lowest BCUT2D eigenvalue weighted by molar-refractivity contribution is -0.130. The van der Waals surface area contributed by atoms with Gasteiger partial charge in [0.15, 0.2) is 5.96 Å². The van der Waals surface area contributed by atoms with Crippen molar-refractivity contribution in [3.8, 4) is 0 Å². The number of urea groups is 1. The molecule has 9 heteroatoms. The number of guanidine groups is 1. The molecule has 0 saturated carbocycles. The molecule has 1 aromatic rings. The number of amides is 3. The Morgan fingerprint density at radius 3 is 2.48 bits per heavy atom. The molecule has 150 valence electrons. The number of rotatable bonds is 7. The van der Waals surface area contributed by atoms with Crippen molar-refractivity contribution in [2.45, 2.75) is 38.8 Å². The van der Waals surface area contributed by atoms with Gasteiger partial charge in [-0.2, -0.15) is 0 Å². The summed E-state index contributed by atoms with van der Waals surface area (Å²) in [5, 5.41) is 9.85. The first-order chi connectivity index (χ1) is 12.4. The SMILES string of the molecule is CCC1(C)NC(=O)N(CCCNC(=NC)NCc2ccc(Cl)cc2)C1=O.I. The monoisotopic (exact) mass is 507 g/mol. The number of hydrogen-bond acceptors (Lipinski definition) is 3. The number of nitrogens with zero attached hydrogens (tertiary/aromatic N) is 2. The fraction of sp³-hybridized carbons (Fsp3) is 0.500. The number of carbonyl (C=O) groups excluding carboxylic acids is 2. The van der Waals surface area contributed by atoms with Gasteiger partial charge in [0.1, 0.15) is 5.54 Å². The van der Waals surface area contributed by atoms with Crippen LogP contribution in [0.3, 0.4) is 0 Å². The third-order valence-electron chi connectivity index (χ3n) is 4.50. The first-order valence-corrected chi connectivity index (χ1v) is 9.10. The maximum absolute atomic E-state index is 12.3. The van der Waals surface area contributed by atoms with Gasteiger partial charge >= 0.3 is 6.03 Å². The van der Waals surface area contributed by atoms with Crippen LogP contribution in [0.1, 0.15) is 32.3 Å². The van der Waals surface area contributed by atoms with Gasteiger partial charge in [0.05, 0.1) is 0 Å².